The van der Waals surface area contributed by atoms with E-state index in [4.69, 9.17) is 9.47 Å². The molecule has 0 atom stereocenters. The van der Waals surface area contributed by atoms with Crippen molar-refractivity contribution in [3.63, 3.8) is 0 Å². The summed E-state index contributed by atoms with van der Waals surface area (Å²) in [7, 11) is 0. The van der Waals surface area contributed by atoms with Crippen LogP contribution in [0.2, 0.25) is 0 Å². The van der Waals surface area contributed by atoms with E-state index < -0.39 is 0 Å². The van der Waals surface area contributed by atoms with Crippen molar-refractivity contribution in [1.82, 2.24) is 0 Å². The molecule has 0 N–H and O–H groups in total. The van der Waals surface area contributed by atoms with Gasteiger partial charge in [0.2, 0.25) is 0 Å². The summed E-state index contributed by atoms with van der Waals surface area (Å²) in [5.74, 6) is 0.872. The van der Waals surface area contributed by atoms with Crippen molar-refractivity contribution in [1.29, 1.82) is 0 Å². The Morgan fingerprint density at radius 1 is 1.15 bits per heavy atom. The van der Waals surface area contributed by atoms with Crippen LogP contribution in [0.25, 0.3) is 0 Å². The third-order valence-electron chi connectivity index (χ3n) is 1.99. The van der Waals surface area contributed by atoms with Gasteiger partial charge in [-0.2, -0.15) is 0 Å². The molecule has 2 nitrogen and oxygen atoms in total. The van der Waals surface area contributed by atoms with Crippen LogP contribution in [0, 0.1) is 13.8 Å². The fourth-order valence-electron chi connectivity index (χ4n) is 0.997. The Hall–Kier alpha value is -1.02. The monoisotopic (exact) mass is 180 g/mol. The fraction of sp³-hybridized carbons (Fsp3) is 0.455. The molecule has 72 valence electrons. The number of rotatable bonds is 4. The summed E-state index contributed by atoms with van der Waals surface area (Å²) >= 11 is 0. The van der Waals surface area contributed by atoms with Gasteiger partial charge in [-0.1, -0.05) is 6.07 Å². The summed E-state index contributed by atoms with van der Waals surface area (Å²) in [6, 6.07) is 6.03. The first-order valence-electron chi connectivity index (χ1n) is 4.52. The highest BCUT2D eigenvalue weighted by molar-refractivity contribution is 5.33. The Kier molecular flexibility index (Phi) is 3.77. The third-order valence-corrected chi connectivity index (χ3v) is 1.99. The summed E-state index contributed by atoms with van der Waals surface area (Å²) in [6.07, 6.45) is 0. The highest BCUT2D eigenvalue weighted by Crippen LogP contribution is 2.16. The molecule has 0 heterocycles. The Balaban J connectivity index is 2.53. The van der Waals surface area contributed by atoms with Crippen LogP contribution in [-0.2, 0) is 4.74 Å². The molecule has 0 saturated carbocycles. The first kappa shape index (κ1) is 10.1. The molecule has 0 aliphatic rings. The van der Waals surface area contributed by atoms with Crippen LogP contribution in [0.3, 0.4) is 0 Å². The van der Waals surface area contributed by atoms with E-state index in [1.807, 2.05) is 19.1 Å². The Morgan fingerprint density at radius 2 is 1.92 bits per heavy atom. The van der Waals surface area contributed by atoms with Crippen LogP contribution >= 0.6 is 0 Å². The van der Waals surface area contributed by atoms with Crippen molar-refractivity contribution < 1.29 is 9.47 Å². The maximum Gasteiger partial charge on any atom is 0.189 e. The van der Waals surface area contributed by atoms with Gasteiger partial charge in [0, 0.05) is 6.61 Å². The fourth-order valence-corrected chi connectivity index (χ4v) is 0.997. The molecular weight excluding hydrogens is 164 g/mol. The standard InChI is InChI=1S/C11H16O2/c1-4-12-8-13-11-6-5-9(2)10(3)7-11/h5-7H,4,8H2,1-3H3. The minimum atomic E-state index is 0.332. The van der Waals surface area contributed by atoms with Gasteiger partial charge in [-0.25, -0.2) is 0 Å². The van der Waals surface area contributed by atoms with Gasteiger partial charge in [-0.15, -0.1) is 0 Å². The normalized spacial score (nSPS) is 10.1. The van der Waals surface area contributed by atoms with Crippen LogP contribution in [0.15, 0.2) is 18.2 Å². The van der Waals surface area contributed by atoms with Crippen molar-refractivity contribution >= 4 is 0 Å². The van der Waals surface area contributed by atoms with Crippen molar-refractivity contribution in [2.45, 2.75) is 20.8 Å². The third kappa shape index (κ3) is 3.07. The number of ether oxygens (including phenoxy) is 2. The number of hydrogen-bond acceptors (Lipinski definition) is 2. The second kappa shape index (κ2) is 4.87. The zero-order chi connectivity index (χ0) is 9.68. The SMILES string of the molecule is CCOCOc1ccc(C)c(C)c1. The molecule has 0 amide bonds. The molecule has 0 aliphatic heterocycles. The van der Waals surface area contributed by atoms with E-state index in [0.29, 0.717) is 13.4 Å². The van der Waals surface area contributed by atoms with Gasteiger partial charge in [-0.3, -0.25) is 0 Å². The van der Waals surface area contributed by atoms with Gasteiger partial charge in [0.1, 0.15) is 5.75 Å². The van der Waals surface area contributed by atoms with E-state index in [1.54, 1.807) is 0 Å². The summed E-state index contributed by atoms with van der Waals surface area (Å²) < 4.78 is 10.4. The Morgan fingerprint density at radius 3 is 2.54 bits per heavy atom. The summed E-state index contributed by atoms with van der Waals surface area (Å²) in [4.78, 5) is 0. The molecule has 1 rings (SSSR count). The van der Waals surface area contributed by atoms with Crippen molar-refractivity contribution in [3.05, 3.63) is 29.3 Å². The second-order valence-corrected chi connectivity index (χ2v) is 3.00. The predicted molar refractivity (Wildman–Crippen MR) is 53.0 cm³/mol. The molecule has 0 saturated heterocycles. The highest BCUT2D eigenvalue weighted by atomic mass is 16.7. The second-order valence-electron chi connectivity index (χ2n) is 3.00. The largest absolute Gasteiger partial charge is 0.468 e. The van der Waals surface area contributed by atoms with Crippen molar-refractivity contribution in [2.24, 2.45) is 0 Å². The lowest BCUT2D eigenvalue weighted by molar-refractivity contribution is 0.0224. The van der Waals surface area contributed by atoms with Crippen LogP contribution in [0.4, 0.5) is 0 Å². The first-order chi connectivity index (χ1) is 6.24. The van der Waals surface area contributed by atoms with Crippen molar-refractivity contribution in [2.75, 3.05) is 13.4 Å². The van der Waals surface area contributed by atoms with E-state index in [9.17, 15) is 0 Å². The first-order valence-corrected chi connectivity index (χ1v) is 4.52. The van der Waals surface area contributed by atoms with Gasteiger partial charge < -0.3 is 9.47 Å². The minimum absolute atomic E-state index is 0.332. The number of benzene rings is 1. The number of hydrogen-bond donors (Lipinski definition) is 0. The molecule has 2 heteroatoms. The van der Waals surface area contributed by atoms with Gasteiger partial charge in [0.25, 0.3) is 0 Å². The van der Waals surface area contributed by atoms with Crippen molar-refractivity contribution in [3.8, 4) is 5.75 Å². The maximum absolute atomic E-state index is 5.36. The molecule has 0 unspecified atom stereocenters. The Bertz CT molecular complexity index is 269. The summed E-state index contributed by atoms with van der Waals surface area (Å²) in [5, 5.41) is 0. The van der Waals surface area contributed by atoms with Crippen LogP contribution < -0.4 is 4.74 Å². The highest BCUT2D eigenvalue weighted by Gasteiger charge is 1.96. The lowest BCUT2D eigenvalue weighted by Crippen LogP contribution is -2.02. The summed E-state index contributed by atoms with van der Waals surface area (Å²) in [6.45, 7) is 7.12. The van der Waals surface area contributed by atoms with Crippen LogP contribution in [0.1, 0.15) is 18.1 Å². The van der Waals surface area contributed by atoms with E-state index in [1.165, 1.54) is 11.1 Å². The van der Waals surface area contributed by atoms with Gasteiger partial charge >= 0.3 is 0 Å². The van der Waals surface area contributed by atoms with E-state index in [0.717, 1.165) is 5.75 Å². The van der Waals surface area contributed by atoms with Gasteiger partial charge in [0.15, 0.2) is 6.79 Å². The smallest absolute Gasteiger partial charge is 0.189 e. The molecule has 0 radical (unpaired) electrons. The quantitative estimate of drug-likeness (QED) is 0.524. The van der Waals surface area contributed by atoms with E-state index in [-0.39, 0.29) is 0 Å². The lowest BCUT2D eigenvalue weighted by Gasteiger charge is -2.07. The maximum atomic E-state index is 5.36. The molecule has 0 fully saturated rings. The molecule has 0 aromatic heterocycles. The molecule has 0 aliphatic carbocycles. The van der Waals surface area contributed by atoms with Gasteiger partial charge in [0.05, 0.1) is 0 Å². The number of aryl methyl sites for hydroxylation is 2. The Labute approximate surface area is 79.5 Å². The molecule has 1 aromatic carbocycles. The van der Waals surface area contributed by atoms with Crippen LogP contribution in [-0.4, -0.2) is 13.4 Å². The molecule has 0 spiro atoms. The minimum Gasteiger partial charge on any atom is -0.468 e. The average molecular weight is 180 g/mol. The lowest BCUT2D eigenvalue weighted by atomic mass is 10.1. The average Bonchev–Trinajstić information content (AvgIpc) is 2.12. The zero-order valence-electron chi connectivity index (χ0n) is 8.46. The molecule has 0 bridgehead atoms. The zero-order valence-corrected chi connectivity index (χ0v) is 8.46. The molecule has 1 aromatic rings. The predicted octanol–water partition coefficient (Wildman–Crippen LogP) is 2.68. The molecular formula is C11H16O2. The van der Waals surface area contributed by atoms with E-state index >= 15 is 0 Å². The summed E-state index contributed by atoms with van der Waals surface area (Å²) in [5.41, 5.74) is 2.53. The van der Waals surface area contributed by atoms with E-state index in [2.05, 4.69) is 19.9 Å². The van der Waals surface area contributed by atoms with Gasteiger partial charge in [-0.05, 0) is 44.0 Å². The topological polar surface area (TPSA) is 18.5 Å². The van der Waals surface area contributed by atoms with Crippen LogP contribution in [0.5, 0.6) is 5.75 Å². The molecule has 13 heavy (non-hydrogen) atoms.